The lowest BCUT2D eigenvalue weighted by Gasteiger charge is -2.38. The SMILES string of the molecule is CN1CC(C(=O)N(Cc2ccc(-c3nnc(C(F)F)o3)cc2F)c2cccc(F)c2)C1.Cl.O=C(C1CNC1)N(Cc1ccc(-c2nnc(C(F)F)o2)cc1F)c1cccc(F)c1. The predicted molar refractivity (Wildman–Crippen MR) is 209 cm³/mol. The van der Waals surface area contributed by atoms with Crippen LogP contribution in [0.5, 0.6) is 0 Å². The zero-order valence-electron chi connectivity index (χ0n) is 32.3. The van der Waals surface area contributed by atoms with Crippen molar-refractivity contribution in [1.29, 1.82) is 0 Å². The summed E-state index contributed by atoms with van der Waals surface area (Å²) in [4.78, 5) is 30.5. The van der Waals surface area contributed by atoms with E-state index in [0.29, 0.717) is 37.6 Å². The molecule has 0 unspecified atom stereocenters. The monoisotopic (exact) mass is 890 g/mol. The van der Waals surface area contributed by atoms with E-state index in [2.05, 4.69) is 25.7 Å². The van der Waals surface area contributed by atoms with Crippen LogP contribution in [0, 0.1) is 35.1 Å². The third kappa shape index (κ3) is 10.4. The van der Waals surface area contributed by atoms with Gasteiger partial charge in [-0.15, -0.1) is 32.8 Å². The first-order valence-electron chi connectivity index (χ1n) is 18.6. The van der Waals surface area contributed by atoms with E-state index >= 15 is 0 Å². The Balaban J connectivity index is 0.000000204. The van der Waals surface area contributed by atoms with Crippen molar-refractivity contribution in [2.24, 2.45) is 11.8 Å². The van der Waals surface area contributed by atoms with Crippen LogP contribution >= 0.6 is 12.4 Å². The molecule has 4 heterocycles. The summed E-state index contributed by atoms with van der Waals surface area (Å²) in [5, 5.41) is 16.4. The van der Waals surface area contributed by atoms with Gasteiger partial charge >= 0.3 is 12.9 Å². The Kier molecular flexibility index (Phi) is 14.3. The molecule has 8 rings (SSSR count). The fourth-order valence-corrected chi connectivity index (χ4v) is 6.48. The molecule has 0 spiro atoms. The lowest BCUT2D eigenvalue weighted by molar-refractivity contribution is -0.127. The van der Waals surface area contributed by atoms with E-state index in [1.807, 2.05) is 11.9 Å². The fourth-order valence-electron chi connectivity index (χ4n) is 6.48. The highest BCUT2D eigenvalue weighted by atomic mass is 35.5. The molecule has 0 atom stereocenters. The van der Waals surface area contributed by atoms with E-state index < -0.39 is 47.9 Å². The number of amides is 2. The van der Waals surface area contributed by atoms with E-state index in [1.54, 1.807) is 12.1 Å². The van der Waals surface area contributed by atoms with Crippen LogP contribution in [-0.2, 0) is 22.7 Å². The van der Waals surface area contributed by atoms with Gasteiger partial charge in [0.1, 0.15) is 23.3 Å². The molecule has 2 amide bonds. The van der Waals surface area contributed by atoms with Crippen LogP contribution < -0.4 is 15.1 Å². The van der Waals surface area contributed by atoms with Crippen LogP contribution in [0.15, 0.2) is 93.8 Å². The number of carbonyl (C=O) groups excluding carboxylic acids is 2. The number of nitrogens with zero attached hydrogens (tertiary/aromatic N) is 7. The highest BCUT2D eigenvalue weighted by molar-refractivity contribution is 5.96. The van der Waals surface area contributed by atoms with Crippen molar-refractivity contribution in [2.75, 3.05) is 43.0 Å². The number of carbonyl (C=O) groups is 2. The van der Waals surface area contributed by atoms with Crippen LogP contribution in [0.4, 0.5) is 46.5 Å². The fraction of sp³-hybridized carbons (Fsp3) is 0.268. The molecule has 2 aliphatic heterocycles. The van der Waals surface area contributed by atoms with E-state index in [9.17, 15) is 44.7 Å². The number of hydrogen-bond donors (Lipinski definition) is 1. The maximum absolute atomic E-state index is 14.8. The van der Waals surface area contributed by atoms with Gasteiger partial charge < -0.3 is 28.9 Å². The Hall–Kier alpha value is -6.25. The first-order valence-corrected chi connectivity index (χ1v) is 18.6. The van der Waals surface area contributed by atoms with Gasteiger partial charge in [-0.2, -0.15) is 17.6 Å². The topological polar surface area (TPSA) is 134 Å². The average molecular weight is 891 g/mol. The zero-order valence-corrected chi connectivity index (χ0v) is 33.1. The minimum absolute atomic E-state index is 0. The molecule has 62 heavy (non-hydrogen) atoms. The Labute approximate surface area is 353 Å². The van der Waals surface area contributed by atoms with Crippen LogP contribution in [0.25, 0.3) is 22.9 Å². The molecule has 21 heteroatoms. The van der Waals surface area contributed by atoms with Gasteiger partial charge in [0.25, 0.3) is 11.8 Å². The van der Waals surface area contributed by atoms with E-state index in [4.69, 9.17) is 8.83 Å². The molecule has 0 saturated carbocycles. The van der Waals surface area contributed by atoms with Crippen molar-refractivity contribution in [3.63, 3.8) is 0 Å². The number of anilines is 2. The first-order chi connectivity index (χ1) is 29.2. The van der Waals surface area contributed by atoms with Crippen LogP contribution in [-0.4, -0.2) is 70.3 Å². The smallest absolute Gasteiger partial charge is 0.314 e. The minimum Gasteiger partial charge on any atom is -0.415 e. The summed E-state index contributed by atoms with van der Waals surface area (Å²) in [6.07, 6.45) is -5.86. The molecule has 1 N–H and O–H groups in total. The Morgan fingerprint density at radius 2 is 1.10 bits per heavy atom. The van der Waals surface area contributed by atoms with Crippen LogP contribution in [0.2, 0.25) is 0 Å². The number of nitrogens with one attached hydrogen (secondary N) is 1. The number of halogens is 9. The second kappa shape index (κ2) is 19.6. The third-order valence-corrected chi connectivity index (χ3v) is 9.83. The highest BCUT2D eigenvalue weighted by Crippen LogP contribution is 2.30. The third-order valence-electron chi connectivity index (χ3n) is 9.83. The number of rotatable bonds is 12. The second-order valence-corrected chi connectivity index (χ2v) is 14.2. The Bertz CT molecular complexity index is 2520. The van der Waals surface area contributed by atoms with Gasteiger partial charge in [0, 0.05) is 59.8 Å². The van der Waals surface area contributed by atoms with Crippen molar-refractivity contribution < 1.29 is 53.5 Å². The summed E-state index contributed by atoms with van der Waals surface area (Å²) >= 11 is 0. The van der Waals surface area contributed by atoms with Crippen molar-refractivity contribution in [2.45, 2.75) is 25.9 Å². The molecule has 0 aliphatic carbocycles. The number of aromatic nitrogens is 4. The number of benzene rings is 4. The summed E-state index contributed by atoms with van der Waals surface area (Å²) in [5.41, 5.74) is 1.22. The highest BCUT2D eigenvalue weighted by Gasteiger charge is 2.35. The summed E-state index contributed by atoms with van der Waals surface area (Å²) < 4.78 is 117. The minimum atomic E-state index is -2.93. The summed E-state index contributed by atoms with van der Waals surface area (Å²) in [7, 11) is 1.88. The molecular weight excluding hydrogens is 856 g/mol. The van der Waals surface area contributed by atoms with Gasteiger partial charge in [-0.3, -0.25) is 9.59 Å². The lowest BCUT2D eigenvalue weighted by atomic mass is 9.98. The number of alkyl halides is 4. The van der Waals surface area contributed by atoms with Crippen molar-refractivity contribution >= 4 is 35.6 Å². The number of hydrogen-bond acceptors (Lipinski definition) is 10. The van der Waals surface area contributed by atoms with Crippen LogP contribution in [0.1, 0.15) is 35.8 Å². The summed E-state index contributed by atoms with van der Waals surface area (Å²) in [6.45, 7) is 1.87. The predicted octanol–water partition coefficient (Wildman–Crippen LogP) is 8.17. The van der Waals surface area contributed by atoms with Crippen molar-refractivity contribution in [3.8, 4) is 22.9 Å². The molecule has 2 fully saturated rings. The largest absolute Gasteiger partial charge is 0.415 e. The molecule has 12 nitrogen and oxygen atoms in total. The van der Waals surface area contributed by atoms with Crippen molar-refractivity contribution in [1.82, 2.24) is 30.6 Å². The average Bonchev–Trinajstić information content (AvgIpc) is 3.90. The molecule has 2 aromatic heterocycles. The van der Waals surface area contributed by atoms with Gasteiger partial charge in [-0.1, -0.05) is 24.3 Å². The van der Waals surface area contributed by atoms with E-state index in [-0.39, 0.29) is 83.2 Å². The maximum Gasteiger partial charge on any atom is 0.314 e. The molecular formula is C41H35ClF8N8O4. The van der Waals surface area contributed by atoms with Crippen molar-refractivity contribution in [3.05, 3.63) is 131 Å². The molecule has 326 valence electrons. The molecule has 2 aliphatic rings. The van der Waals surface area contributed by atoms with E-state index in [0.717, 1.165) is 12.1 Å². The molecule has 0 radical (unpaired) electrons. The number of likely N-dealkylation sites (tertiary alicyclic amines) is 1. The van der Waals surface area contributed by atoms with Gasteiger partial charge in [0.05, 0.1) is 24.9 Å². The summed E-state index contributed by atoms with van der Waals surface area (Å²) in [5.74, 6) is -5.61. The quantitative estimate of drug-likeness (QED) is 0.120. The lowest BCUT2D eigenvalue weighted by Crippen LogP contribution is -2.52. The standard InChI is InChI=1S/C21H18F4N4O2.C20H16F4N4O2.ClH/c1-28-9-14(10-28)21(30)29(16-4-2-3-15(22)8-16)11-13-6-5-12(7-17(13)23)19-26-27-20(31-19)18(24)25;21-14-2-1-3-15(7-14)28(20(29)13-8-25-9-13)10-12-5-4-11(6-16(12)22)18-26-27-19(30-18)17(23)24;/h2-8,14,18H,9-11H2,1H3;1-7,13,17,25H,8-10H2;1H. The molecule has 4 aromatic carbocycles. The van der Waals surface area contributed by atoms with Gasteiger partial charge in [0.15, 0.2) is 0 Å². The Morgan fingerprint density at radius 3 is 1.44 bits per heavy atom. The van der Waals surface area contributed by atoms with E-state index in [1.165, 1.54) is 70.5 Å². The van der Waals surface area contributed by atoms with Gasteiger partial charge in [-0.05, 0) is 67.7 Å². The second-order valence-electron chi connectivity index (χ2n) is 14.2. The molecule has 2 saturated heterocycles. The van der Waals surface area contributed by atoms with Gasteiger partial charge in [0.2, 0.25) is 23.6 Å². The van der Waals surface area contributed by atoms with Gasteiger partial charge in [-0.25, -0.2) is 17.6 Å². The normalized spacial score (nSPS) is 14.1. The maximum atomic E-state index is 14.8. The zero-order chi connectivity index (χ0) is 43.4. The first kappa shape index (κ1) is 45.3. The molecule has 6 aromatic rings. The molecule has 0 bridgehead atoms. The summed E-state index contributed by atoms with van der Waals surface area (Å²) in [6, 6.07) is 18.9. The van der Waals surface area contributed by atoms with Crippen LogP contribution in [0.3, 0.4) is 0 Å². The Morgan fingerprint density at radius 1 is 0.661 bits per heavy atom.